The van der Waals surface area contributed by atoms with E-state index >= 15 is 0 Å². The number of aryl methyl sites for hydroxylation is 2. The van der Waals surface area contributed by atoms with Crippen LogP contribution in [0.1, 0.15) is 17.7 Å². The zero-order chi connectivity index (χ0) is 16.8. The summed E-state index contributed by atoms with van der Waals surface area (Å²) in [7, 11) is 8.19. The van der Waals surface area contributed by atoms with Crippen LogP contribution < -0.4 is 15.1 Å². The fourth-order valence-electron chi connectivity index (χ4n) is 2.80. The second kappa shape index (κ2) is 7.97. The zero-order valence-corrected chi connectivity index (χ0v) is 14.9. The third-order valence-corrected chi connectivity index (χ3v) is 3.93. The molecule has 0 aliphatic carbocycles. The van der Waals surface area contributed by atoms with Crippen molar-refractivity contribution in [2.45, 2.75) is 19.9 Å². The van der Waals surface area contributed by atoms with Gasteiger partial charge in [0.2, 0.25) is 0 Å². The summed E-state index contributed by atoms with van der Waals surface area (Å²) in [5.74, 6) is 2.19. The molecule has 0 saturated carbocycles. The van der Waals surface area contributed by atoms with Crippen LogP contribution in [0.4, 0.5) is 11.6 Å². The molecule has 2 aromatic rings. The molecule has 0 atom stereocenters. The molecule has 0 aliphatic heterocycles. The summed E-state index contributed by atoms with van der Waals surface area (Å²) in [5.41, 5.74) is 2.37. The Morgan fingerprint density at radius 3 is 2.65 bits per heavy atom. The Morgan fingerprint density at radius 2 is 2.00 bits per heavy atom. The number of hydrogen-bond donors (Lipinski definition) is 1. The fourth-order valence-corrected chi connectivity index (χ4v) is 2.80. The van der Waals surface area contributed by atoms with E-state index in [0.29, 0.717) is 0 Å². The molecule has 23 heavy (non-hydrogen) atoms. The molecule has 126 valence electrons. The first-order valence-electron chi connectivity index (χ1n) is 8.03. The fraction of sp³-hybridized carbons (Fsp3) is 0.529. The number of nitrogens with one attached hydrogen (secondary N) is 1. The molecule has 0 amide bonds. The van der Waals surface area contributed by atoms with Crippen LogP contribution in [0.2, 0.25) is 0 Å². The van der Waals surface area contributed by atoms with Crippen molar-refractivity contribution in [2.75, 3.05) is 44.0 Å². The molecule has 2 aromatic heterocycles. The molecule has 0 bridgehead atoms. The molecule has 0 aromatic carbocycles. The Morgan fingerprint density at radius 1 is 1.22 bits per heavy atom. The standard InChI is InChI=1S/C17H28N6/c1-14-15(17(21(2)3)23(5)20-14)13-18-10-8-12-22(4)16-9-6-7-11-19-16/h6-7,9,11,18H,8,10,12-13H2,1-5H3. The summed E-state index contributed by atoms with van der Waals surface area (Å²) in [6.07, 6.45) is 2.90. The first-order chi connectivity index (χ1) is 11.0. The maximum atomic E-state index is 4.52. The minimum Gasteiger partial charge on any atom is -0.363 e. The summed E-state index contributed by atoms with van der Waals surface area (Å²) >= 11 is 0. The van der Waals surface area contributed by atoms with Crippen molar-refractivity contribution in [3.05, 3.63) is 35.7 Å². The quantitative estimate of drug-likeness (QED) is 0.753. The topological polar surface area (TPSA) is 49.2 Å². The molecule has 0 saturated heterocycles. The van der Waals surface area contributed by atoms with Gasteiger partial charge in [0.15, 0.2) is 0 Å². The highest BCUT2D eigenvalue weighted by Crippen LogP contribution is 2.20. The van der Waals surface area contributed by atoms with Crippen LogP contribution in [-0.2, 0) is 13.6 Å². The van der Waals surface area contributed by atoms with E-state index in [4.69, 9.17) is 0 Å². The minimum absolute atomic E-state index is 0.848. The van der Waals surface area contributed by atoms with Gasteiger partial charge in [-0.1, -0.05) is 6.07 Å². The van der Waals surface area contributed by atoms with Crippen molar-refractivity contribution in [1.82, 2.24) is 20.1 Å². The van der Waals surface area contributed by atoms with Gasteiger partial charge in [-0.05, 0) is 32.0 Å². The lowest BCUT2D eigenvalue weighted by molar-refractivity contribution is 0.642. The van der Waals surface area contributed by atoms with Gasteiger partial charge in [-0.15, -0.1) is 0 Å². The van der Waals surface area contributed by atoms with E-state index in [1.165, 1.54) is 11.4 Å². The number of hydrogen-bond acceptors (Lipinski definition) is 5. The Balaban J connectivity index is 1.78. The third kappa shape index (κ3) is 4.45. The number of aromatic nitrogens is 3. The normalized spacial score (nSPS) is 10.8. The average Bonchev–Trinajstić information content (AvgIpc) is 2.81. The van der Waals surface area contributed by atoms with Gasteiger partial charge < -0.3 is 15.1 Å². The van der Waals surface area contributed by atoms with E-state index < -0.39 is 0 Å². The second-order valence-electron chi connectivity index (χ2n) is 6.05. The van der Waals surface area contributed by atoms with Crippen LogP contribution in [0.25, 0.3) is 0 Å². The summed E-state index contributed by atoms with van der Waals surface area (Å²) in [4.78, 5) is 8.66. The summed E-state index contributed by atoms with van der Waals surface area (Å²) in [6.45, 7) is 4.87. The third-order valence-electron chi connectivity index (χ3n) is 3.93. The lowest BCUT2D eigenvalue weighted by Gasteiger charge is -2.18. The molecule has 2 heterocycles. The number of nitrogens with zero attached hydrogens (tertiary/aromatic N) is 5. The predicted molar refractivity (Wildman–Crippen MR) is 96.1 cm³/mol. The number of pyridine rings is 1. The lowest BCUT2D eigenvalue weighted by Crippen LogP contribution is -2.25. The second-order valence-corrected chi connectivity index (χ2v) is 6.05. The number of anilines is 2. The maximum absolute atomic E-state index is 4.52. The Labute approximate surface area is 139 Å². The van der Waals surface area contributed by atoms with Crippen molar-refractivity contribution in [3.63, 3.8) is 0 Å². The molecular formula is C17H28N6. The van der Waals surface area contributed by atoms with Gasteiger partial charge in [0.1, 0.15) is 11.6 Å². The van der Waals surface area contributed by atoms with Gasteiger partial charge in [0.05, 0.1) is 5.69 Å². The van der Waals surface area contributed by atoms with Crippen LogP contribution in [0.3, 0.4) is 0 Å². The zero-order valence-electron chi connectivity index (χ0n) is 14.9. The van der Waals surface area contributed by atoms with E-state index in [0.717, 1.165) is 37.6 Å². The predicted octanol–water partition coefficient (Wildman–Crippen LogP) is 1.81. The molecule has 0 radical (unpaired) electrons. The lowest BCUT2D eigenvalue weighted by atomic mass is 10.2. The molecule has 6 nitrogen and oxygen atoms in total. The molecule has 6 heteroatoms. The monoisotopic (exact) mass is 316 g/mol. The minimum atomic E-state index is 0.848. The van der Waals surface area contributed by atoms with Crippen molar-refractivity contribution >= 4 is 11.6 Å². The first kappa shape index (κ1) is 17.3. The van der Waals surface area contributed by atoms with Crippen LogP contribution in [-0.4, -0.2) is 49.0 Å². The van der Waals surface area contributed by atoms with Gasteiger partial charge in [0, 0.05) is 53.0 Å². The van der Waals surface area contributed by atoms with E-state index in [9.17, 15) is 0 Å². The van der Waals surface area contributed by atoms with Gasteiger partial charge >= 0.3 is 0 Å². The molecule has 2 rings (SSSR count). The van der Waals surface area contributed by atoms with Gasteiger partial charge in [-0.2, -0.15) is 5.10 Å². The Hall–Kier alpha value is -2.08. The number of rotatable bonds is 8. The van der Waals surface area contributed by atoms with Crippen LogP contribution in [0, 0.1) is 6.92 Å². The Bertz CT molecular complexity index is 605. The van der Waals surface area contributed by atoms with Crippen molar-refractivity contribution in [3.8, 4) is 0 Å². The molecule has 0 unspecified atom stereocenters. The maximum Gasteiger partial charge on any atom is 0.130 e. The summed E-state index contributed by atoms with van der Waals surface area (Å²) in [6, 6.07) is 6.00. The van der Waals surface area contributed by atoms with Crippen molar-refractivity contribution < 1.29 is 0 Å². The van der Waals surface area contributed by atoms with E-state index in [2.05, 4.69) is 53.3 Å². The SMILES string of the molecule is Cc1nn(C)c(N(C)C)c1CNCCCN(C)c1ccccn1. The highest BCUT2D eigenvalue weighted by Gasteiger charge is 2.14. The molecule has 1 N–H and O–H groups in total. The van der Waals surface area contributed by atoms with Crippen LogP contribution in [0.15, 0.2) is 24.4 Å². The average molecular weight is 316 g/mol. The summed E-state index contributed by atoms with van der Waals surface area (Å²) < 4.78 is 1.95. The van der Waals surface area contributed by atoms with Crippen LogP contribution in [0.5, 0.6) is 0 Å². The highest BCUT2D eigenvalue weighted by atomic mass is 15.4. The Kier molecular flexibility index (Phi) is 5.98. The van der Waals surface area contributed by atoms with Gasteiger partial charge in [0.25, 0.3) is 0 Å². The van der Waals surface area contributed by atoms with E-state index in [-0.39, 0.29) is 0 Å². The van der Waals surface area contributed by atoms with Gasteiger partial charge in [-0.25, -0.2) is 4.98 Å². The molecule has 0 aliphatic rings. The van der Waals surface area contributed by atoms with Crippen LogP contribution >= 0.6 is 0 Å². The largest absolute Gasteiger partial charge is 0.363 e. The highest BCUT2D eigenvalue weighted by molar-refractivity contribution is 5.48. The molecule has 0 spiro atoms. The van der Waals surface area contributed by atoms with E-state index in [1.54, 1.807) is 0 Å². The molecular weight excluding hydrogens is 288 g/mol. The first-order valence-corrected chi connectivity index (χ1v) is 8.03. The molecule has 0 fully saturated rings. The van der Waals surface area contributed by atoms with Gasteiger partial charge in [-0.3, -0.25) is 4.68 Å². The smallest absolute Gasteiger partial charge is 0.130 e. The van der Waals surface area contributed by atoms with Crippen molar-refractivity contribution in [1.29, 1.82) is 0 Å². The van der Waals surface area contributed by atoms with E-state index in [1.807, 2.05) is 36.1 Å². The summed E-state index contributed by atoms with van der Waals surface area (Å²) in [5, 5.41) is 8.05. The van der Waals surface area contributed by atoms with Crippen molar-refractivity contribution in [2.24, 2.45) is 7.05 Å².